The van der Waals surface area contributed by atoms with Gasteiger partial charge in [-0.05, 0) is 38.1 Å². The van der Waals surface area contributed by atoms with Crippen LogP contribution in [0.2, 0.25) is 0 Å². The third-order valence-corrected chi connectivity index (χ3v) is 4.03. The SMILES string of the molecule is COCCN=C1Nc2ccccc2NC12CCNCC2. The minimum absolute atomic E-state index is 0.0622. The molecule has 0 unspecified atom stereocenters. The first kappa shape index (κ1) is 13.4. The van der Waals surface area contributed by atoms with Crippen molar-refractivity contribution in [1.82, 2.24) is 5.32 Å². The van der Waals surface area contributed by atoms with Crippen LogP contribution >= 0.6 is 0 Å². The highest BCUT2D eigenvalue weighted by molar-refractivity contribution is 6.09. The first-order valence-electron chi connectivity index (χ1n) is 7.23. The van der Waals surface area contributed by atoms with E-state index >= 15 is 0 Å². The fourth-order valence-electron chi connectivity index (χ4n) is 2.92. The Morgan fingerprint density at radius 3 is 2.70 bits per heavy atom. The van der Waals surface area contributed by atoms with E-state index in [-0.39, 0.29) is 5.54 Å². The van der Waals surface area contributed by atoms with E-state index < -0.39 is 0 Å². The second-order valence-corrected chi connectivity index (χ2v) is 5.35. The molecule has 0 atom stereocenters. The normalized spacial score (nSPS) is 22.1. The van der Waals surface area contributed by atoms with E-state index in [4.69, 9.17) is 9.73 Å². The predicted molar refractivity (Wildman–Crippen MR) is 82.7 cm³/mol. The lowest BCUT2D eigenvalue weighted by molar-refractivity contribution is 0.207. The fraction of sp³-hybridized carbons (Fsp3) is 0.533. The van der Waals surface area contributed by atoms with E-state index in [0.29, 0.717) is 13.2 Å². The van der Waals surface area contributed by atoms with E-state index in [9.17, 15) is 0 Å². The molecular weight excluding hydrogens is 252 g/mol. The quantitative estimate of drug-likeness (QED) is 0.734. The van der Waals surface area contributed by atoms with Crippen LogP contribution in [0.3, 0.4) is 0 Å². The summed E-state index contributed by atoms with van der Waals surface area (Å²) in [6, 6.07) is 8.32. The van der Waals surface area contributed by atoms with Crippen LogP contribution in [0.25, 0.3) is 0 Å². The number of hydrogen-bond acceptors (Lipinski definition) is 4. The van der Waals surface area contributed by atoms with E-state index in [1.165, 1.54) is 5.69 Å². The van der Waals surface area contributed by atoms with Crippen LogP contribution in [0.15, 0.2) is 29.3 Å². The molecule has 0 radical (unpaired) electrons. The topological polar surface area (TPSA) is 57.7 Å². The highest BCUT2D eigenvalue weighted by Gasteiger charge is 2.40. The van der Waals surface area contributed by atoms with Crippen LogP contribution in [0.5, 0.6) is 0 Å². The lowest BCUT2D eigenvalue weighted by Crippen LogP contribution is -2.57. The molecule has 108 valence electrons. The Bertz CT molecular complexity index is 494. The Morgan fingerprint density at radius 1 is 1.20 bits per heavy atom. The minimum atomic E-state index is -0.0622. The molecule has 2 aliphatic heterocycles. The summed E-state index contributed by atoms with van der Waals surface area (Å²) in [6.07, 6.45) is 2.08. The van der Waals surface area contributed by atoms with Crippen molar-refractivity contribution in [2.75, 3.05) is 44.0 Å². The molecule has 3 rings (SSSR count). The van der Waals surface area contributed by atoms with Crippen LogP contribution in [-0.4, -0.2) is 44.7 Å². The van der Waals surface area contributed by atoms with Crippen LogP contribution in [-0.2, 0) is 4.74 Å². The maximum Gasteiger partial charge on any atom is 0.127 e. The summed E-state index contributed by atoms with van der Waals surface area (Å²) in [4.78, 5) is 4.74. The number of nitrogens with zero attached hydrogens (tertiary/aromatic N) is 1. The maximum absolute atomic E-state index is 5.11. The van der Waals surface area contributed by atoms with Gasteiger partial charge in [-0.15, -0.1) is 0 Å². The minimum Gasteiger partial charge on any atom is -0.383 e. The van der Waals surface area contributed by atoms with E-state index in [2.05, 4.69) is 34.1 Å². The Kier molecular flexibility index (Phi) is 3.89. The van der Waals surface area contributed by atoms with Crippen molar-refractivity contribution in [3.8, 4) is 0 Å². The number of methoxy groups -OCH3 is 1. The van der Waals surface area contributed by atoms with Gasteiger partial charge in [-0.3, -0.25) is 4.99 Å². The summed E-state index contributed by atoms with van der Waals surface area (Å²) in [6.45, 7) is 3.37. The molecule has 0 aromatic heterocycles. The zero-order chi connectivity index (χ0) is 13.8. The Balaban J connectivity index is 1.90. The van der Waals surface area contributed by atoms with Crippen molar-refractivity contribution >= 4 is 17.2 Å². The Morgan fingerprint density at radius 2 is 1.95 bits per heavy atom. The van der Waals surface area contributed by atoms with Crippen molar-refractivity contribution in [1.29, 1.82) is 0 Å². The molecule has 2 aliphatic rings. The predicted octanol–water partition coefficient (Wildman–Crippen LogP) is 1.69. The second-order valence-electron chi connectivity index (χ2n) is 5.35. The van der Waals surface area contributed by atoms with E-state index in [1.807, 2.05) is 6.07 Å². The number of para-hydroxylation sites is 2. The summed E-state index contributed by atoms with van der Waals surface area (Å²) in [7, 11) is 1.71. The van der Waals surface area contributed by atoms with Crippen molar-refractivity contribution < 1.29 is 4.74 Å². The fourth-order valence-corrected chi connectivity index (χ4v) is 2.92. The average Bonchev–Trinajstić information content (AvgIpc) is 2.49. The third-order valence-electron chi connectivity index (χ3n) is 4.03. The van der Waals surface area contributed by atoms with Gasteiger partial charge < -0.3 is 20.7 Å². The van der Waals surface area contributed by atoms with Gasteiger partial charge in [0.25, 0.3) is 0 Å². The standard InChI is InChI=1S/C15H22N4O/c1-20-11-10-17-14-15(6-8-16-9-7-15)19-13-5-3-2-4-12(13)18-14/h2-5,16,19H,6-11H2,1H3,(H,17,18). The summed E-state index contributed by atoms with van der Waals surface area (Å²) in [5.74, 6) is 1.05. The molecule has 0 amide bonds. The van der Waals surface area contributed by atoms with E-state index in [0.717, 1.165) is 37.5 Å². The van der Waals surface area contributed by atoms with Gasteiger partial charge in [-0.2, -0.15) is 0 Å². The molecule has 1 fully saturated rings. The van der Waals surface area contributed by atoms with Gasteiger partial charge in [0, 0.05) is 7.11 Å². The molecular formula is C15H22N4O. The summed E-state index contributed by atoms with van der Waals surface area (Å²) in [5.41, 5.74) is 2.21. The molecule has 5 nitrogen and oxygen atoms in total. The van der Waals surface area contributed by atoms with Crippen molar-refractivity contribution in [3.63, 3.8) is 0 Å². The first-order chi connectivity index (χ1) is 9.84. The van der Waals surface area contributed by atoms with Crippen LogP contribution in [0.1, 0.15) is 12.8 Å². The Labute approximate surface area is 119 Å². The average molecular weight is 274 g/mol. The lowest BCUT2D eigenvalue weighted by atomic mass is 9.84. The lowest BCUT2D eigenvalue weighted by Gasteiger charge is -2.44. The van der Waals surface area contributed by atoms with Crippen LogP contribution in [0, 0.1) is 0 Å². The number of piperidine rings is 1. The number of anilines is 2. The van der Waals surface area contributed by atoms with Crippen molar-refractivity contribution in [2.45, 2.75) is 18.4 Å². The molecule has 1 saturated heterocycles. The number of nitrogens with one attached hydrogen (secondary N) is 3. The molecule has 5 heteroatoms. The van der Waals surface area contributed by atoms with E-state index in [1.54, 1.807) is 7.11 Å². The van der Waals surface area contributed by atoms with Gasteiger partial charge >= 0.3 is 0 Å². The van der Waals surface area contributed by atoms with Crippen molar-refractivity contribution in [3.05, 3.63) is 24.3 Å². The zero-order valence-electron chi connectivity index (χ0n) is 11.9. The van der Waals surface area contributed by atoms with Gasteiger partial charge in [-0.25, -0.2) is 0 Å². The van der Waals surface area contributed by atoms with Gasteiger partial charge in [-0.1, -0.05) is 12.1 Å². The van der Waals surface area contributed by atoms with Gasteiger partial charge in [0.1, 0.15) is 5.84 Å². The van der Waals surface area contributed by atoms with Gasteiger partial charge in [0.2, 0.25) is 0 Å². The third kappa shape index (κ3) is 2.51. The molecule has 0 aliphatic carbocycles. The molecule has 20 heavy (non-hydrogen) atoms. The molecule has 0 bridgehead atoms. The van der Waals surface area contributed by atoms with Crippen LogP contribution < -0.4 is 16.0 Å². The van der Waals surface area contributed by atoms with Gasteiger partial charge in [0.15, 0.2) is 0 Å². The number of ether oxygens (including phenoxy) is 1. The molecule has 0 saturated carbocycles. The largest absolute Gasteiger partial charge is 0.383 e. The monoisotopic (exact) mass is 274 g/mol. The number of aliphatic imine (C=N–C) groups is 1. The smallest absolute Gasteiger partial charge is 0.127 e. The number of rotatable bonds is 3. The number of fused-ring (bicyclic) bond motifs is 1. The first-order valence-corrected chi connectivity index (χ1v) is 7.23. The summed E-state index contributed by atoms with van der Waals surface area (Å²) >= 11 is 0. The number of amidine groups is 1. The highest BCUT2D eigenvalue weighted by Crippen LogP contribution is 2.35. The molecule has 3 N–H and O–H groups in total. The highest BCUT2D eigenvalue weighted by atomic mass is 16.5. The zero-order valence-corrected chi connectivity index (χ0v) is 11.9. The summed E-state index contributed by atoms with van der Waals surface area (Å²) in [5, 5.41) is 10.7. The van der Waals surface area contributed by atoms with Crippen molar-refractivity contribution in [2.24, 2.45) is 4.99 Å². The Hall–Kier alpha value is -1.59. The molecule has 1 spiro atoms. The van der Waals surface area contributed by atoms with Crippen LogP contribution in [0.4, 0.5) is 11.4 Å². The maximum atomic E-state index is 5.11. The van der Waals surface area contributed by atoms with Gasteiger partial charge in [0.05, 0.1) is 30.1 Å². The summed E-state index contributed by atoms with van der Waals surface area (Å²) < 4.78 is 5.11. The second kappa shape index (κ2) is 5.81. The molecule has 1 aromatic rings. The number of hydrogen-bond donors (Lipinski definition) is 3. The molecule has 1 aromatic carbocycles. The number of benzene rings is 1. The molecule has 2 heterocycles.